The molecule has 4 rings (SSSR count). The van der Waals surface area contributed by atoms with E-state index in [-0.39, 0.29) is 18.1 Å². The van der Waals surface area contributed by atoms with Crippen molar-refractivity contribution in [3.8, 4) is 0 Å². The fourth-order valence-electron chi connectivity index (χ4n) is 4.08. The smallest absolute Gasteiger partial charge is 0.251 e. The van der Waals surface area contributed by atoms with E-state index in [4.69, 9.17) is 9.47 Å². The summed E-state index contributed by atoms with van der Waals surface area (Å²) >= 11 is 0. The van der Waals surface area contributed by atoms with Crippen LogP contribution in [0.4, 0.5) is 0 Å². The van der Waals surface area contributed by atoms with Crippen molar-refractivity contribution >= 4 is 5.91 Å². The highest BCUT2D eigenvalue weighted by atomic mass is 16.5. The van der Waals surface area contributed by atoms with Crippen LogP contribution >= 0.6 is 0 Å². The van der Waals surface area contributed by atoms with Gasteiger partial charge in [0.05, 0.1) is 25.0 Å². The van der Waals surface area contributed by atoms with Crippen molar-refractivity contribution < 1.29 is 14.3 Å². The molecule has 0 bridgehead atoms. The van der Waals surface area contributed by atoms with Crippen molar-refractivity contribution in [1.82, 2.24) is 14.8 Å². The summed E-state index contributed by atoms with van der Waals surface area (Å²) in [7, 11) is 0. The maximum atomic E-state index is 12.6. The lowest BCUT2D eigenvalue weighted by atomic mass is 9.98. The number of carbonyl (C=O) groups excluding carboxylic acids is 1. The second-order valence-corrected chi connectivity index (χ2v) is 6.83. The number of nitrogens with zero attached hydrogens (tertiary/aromatic N) is 3. The lowest BCUT2D eigenvalue weighted by Crippen LogP contribution is -2.51. The van der Waals surface area contributed by atoms with Crippen LogP contribution in [0.5, 0.6) is 0 Å². The van der Waals surface area contributed by atoms with Crippen LogP contribution in [0, 0.1) is 0 Å². The highest BCUT2D eigenvalue weighted by molar-refractivity contribution is 5.81. The van der Waals surface area contributed by atoms with Crippen LogP contribution < -0.4 is 0 Å². The number of pyridine rings is 1. The van der Waals surface area contributed by atoms with Gasteiger partial charge in [-0.1, -0.05) is 6.07 Å². The molecule has 1 aromatic heterocycles. The second-order valence-electron chi connectivity index (χ2n) is 6.83. The van der Waals surface area contributed by atoms with E-state index in [0.29, 0.717) is 32.3 Å². The Bertz CT molecular complexity index is 562. The zero-order chi connectivity index (χ0) is 16.4. The van der Waals surface area contributed by atoms with Crippen LogP contribution in [0.1, 0.15) is 25.0 Å². The molecular weight excluding hydrogens is 306 g/mol. The Labute approximate surface area is 142 Å². The number of hydrogen-bond acceptors (Lipinski definition) is 5. The quantitative estimate of drug-likeness (QED) is 0.829. The first-order valence-corrected chi connectivity index (χ1v) is 8.97. The van der Waals surface area contributed by atoms with E-state index in [9.17, 15) is 4.79 Å². The van der Waals surface area contributed by atoms with Crippen molar-refractivity contribution in [1.29, 1.82) is 0 Å². The fraction of sp³-hybridized carbons (Fsp3) is 0.667. The van der Waals surface area contributed by atoms with Gasteiger partial charge in [-0.2, -0.15) is 0 Å². The minimum atomic E-state index is -0.265. The second kappa shape index (κ2) is 7.17. The number of carbonyl (C=O) groups is 1. The third kappa shape index (κ3) is 3.31. The van der Waals surface area contributed by atoms with E-state index in [2.05, 4.69) is 16.0 Å². The minimum absolute atomic E-state index is 0.153. The molecule has 4 heterocycles. The van der Waals surface area contributed by atoms with Gasteiger partial charge in [-0.25, -0.2) is 0 Å². The Balaban J connectivity index is 1.34. The fourth-order valence-corrected chi connectivity index (χ4v) is 4.08. The molecule has 3 aliphatic rings. The molecule has 0 saturated carbocycles. The Morgan fingerprint density at radius 2 is 2.04 bits per heavy atom. The number of amides is 1. The first kappa shape index (κ1) is 16.0. The van der Waals surface area contributed by atoms with Crippen molar-refractivity contribution in [2.24, 2.45) is 0 Å². The summed E-state index contributed by atoms with van der Waals surface area (Å²) in [6.45, 7) is 4.56. The average Bonchev–Trinajstić information content (AvgIpc) is 3.05. The maximum Gasteiger partial charge on any atom is 0.251 e. The van der Waals surface area contributed by atoms with Crippen molar-refractivity contribution in [3.05, 3.63) is 30.1 Å². The topological polar surface area (TPSA) is 54.9 Å². The van der Waals surface area contributed by atoms with Gasteiger partial charge in [0.1, 0.15) is 6.10 Å². The van der Waals surface area contributed by atoms with Crippen LogP contribution in [0.2, 0.25) is 0 Å². The van der Waals surface area contributed by atoms with E-state index in [1.54, 1.807) is 0 Å². The van der Waals surface area contributed by atoms with E-state index >= 15 is 0 Å². The minimum Gasteiger partial charge on any atom is -0.378 e. The molecule has 3 fully saturated rings. The van der Waals surface area contributed by atoms with Crippen LogP contribution in [0.25, 0.3) is 0 Å². The van der Waals surface area contributed by atoms with Crippen LogP contribution in [-0.4, -0.2) is 71.8 Å². The molecule has 1 aromatic rings. The number of likely N-dealkylation sites (tertiary alicyclic amines) is 1. The van der Waals surface area contributed by atoms with Crippen LogP contribution in [0.3, 0.4) is 0 Å². The summed E-state index contributed by atoms with van der Waals surface area (Å²) in [5.41, 5.74) is 1.10. The largest absolute Gasteiger partial charge is 0.378 e. The molecule has 0 aromatic carbocycles. The van der Waals surface area contributed by atoms with Gasteiger partial charge < -0.3 is 14.4 Å². The summed E-state index contributed by atoms with van der Waals surface area (Å²) < 4.78 is 11.5. The zero-order valence-corrected chi connectivity index (χ0v) is 14.0. The lowest BCUT2D eigenvalue weighted by Gasteiger charge is -2.38. The van der Waals surface area contributed by atoms with Crippen LogP contribution in [0.15, 0.2) is 24.4 Å². The molecule has 3 aliphatic heterocycles. The van der Waals surface area contributed by atoms with Gasteiger partial charge in [-0.3, -0.25) is 14.7 Å². The predicted molar refractivity (Wildman–Crippen MR) is 88.3 cm³/mol. The molecule has 3 saturated heterocycles. The van der Waals surface area contributed by atoms with Gasteiger partial charge in [0.2, 0.25) is 0 Å². The number of fused-ring (bicyclic) bond motifs is 1. The molecule has 6 heteroatoms. The number of morpholine rings is 1. The molecule has 0 spiro atoms. The SMILES string of the molecule is O=C([C@H]1CC[C@@H]2[C@@H](CCN2Cc2ccccn2)O1)N1CCOCC1. The van der Waals surface area contributed by atoms with E-state index in [1.807, 2.05) is 23.2 Å². The Hall–Kier alpha value is -1.50. The number of rotatable bonds is 3. The Kier molecular flexibility index (Phi) is 4.78. The third-order valence-corrected chi connectivity index (χ3v) is 5.35. The van der Waals surface area contributed by atoms with Crippen molar-refractivity contribution in [3.63, 3.8) is 0 Å². The van der Waals surface area contributed by atoms with E-state index in [0.717, 1.165) is 38.0 Å². The maximum absolute atomic E-state index is 12.6. The number of aromatic nitrogens is 1. The van der Waals surface area contributed by atoms with Gasteiger partial charge in [-0.15, -0.1) is 0 Å². The molecule has 130 valence electrons. The molecule has 0 unspecified atom stereocenters. The van der Waals surface area contributed by atoms with Crippen molar-refractivity contribution in [2.75, 3.05) is 32.8 Å². The standard InChI is InChI=1S/C18H25N3O3/c22-18(20-9-11-23-12-10-20)17-5-4-15-16(24-17)6-8-21(15)13-14-3-1-2-7-19-14/h1-3,7,15-17H,4-6,8-13H2/t15-,16-,17-/m1/s1. The monoisotopic (exact) mass is 331 g/mol. The van der Waals surface area contributed by atoms with Gasteiger partial charge in [0.25, 0.3) is 5.91 Å². The Morgan fingerprint density at radius 3 is 2.83 bits per heavy atom. The predicted octanol–water partition coefficient (Wildman–Crippen LogP) is 1.06. The molecule has 6 nitrogen and oxygen atoms in total. The van der Waals surface area contributed by atoms with Gasteiger partial charge in [0.15, 0.2) is 0 Å². The highest BCUT2D eigenvalue weighted by Crippen LogP contribution is 2.32. The summed E-state index contributed by atoms with van der Waals surface area (Å²) in [5.74, 6) is 0.153. The van der Waals surface area contributed by atoms with Crippen LogP contribution in [-0.2, 0) is 20.8 Å². The molecule has 3 atom stereocenters. The van der Waals surface area contributed by atoms with Crippen molar-refractivity contribution in [2.45, 2.75) is 44.1 Å². The van der Waals surface area contributed by atoms with Gasteiger partial charge >= 0.3 is 0 Å². The average molecular weight is 331 g/mol. The summed E-state index contributed by atoms with van der Waals surface area (Å²) in [5, 5.41) is 0. The molecule has 0 N–H and O–H groups in total. The molecule has 0 aliphatic carbocycles. The number of hydrogen-bond donors (Lipinski definition) is 0. The molecule has 24 heavy (non-hydrogen) atoms. The molecule has 1 amide bonds. The number of ether oxygens (including phenoxy) is 2. The van der Waals surface area contributed by atoms with Gasteiger partial charge in [0, 0.05) is 38.4 Å². The summed E-state index contributed by atoms with van der Waals surface area (Å²) in [6, 6.07) is 6.47. The van der Waals surface area contributed by atoms with E-state index < -0.39 is 0 Å². The molecule has 0 radical (unpaired) electrons. The summed E-state index contributed by atoms with van der Waals surface area (Å²) in [6.07, 6.45) is 4.60. The third-order valence-electron chi connectivity index (χ3n) is 5.35. The Morgan fingerprint density at radius 1 is 1.17 bits per heavy atom. The van der Waals surface area contributed by atoms with Gasteiger partial charge in [-0.05, 0) is 31.4 Å². The summed E-state index contributed by atoms with van der Waals surface area (Å²) in [4.78, 5) is 21.4. The normalized spacial score (nSPS) is 31.0. The zero-order valence-electron chi connectivity index (χ0n) is 14.0. The first-order valence-electron chi connectivity index (χ1n) is 8.97. The molecular formula is C18H25N3O3. The lowest BCUT2D eigenvalue weighted by molar-refractivity contribution is -0.158. The van der Waals surface area contributed by atoms with E-state index in [1.165, 1.54) is 0 Å². The highest BCUT2D eigenvalue weighted by Gasteiger charge is 2.42. The first-order chi connectivity index (χ1) is 11.8.